The van der Waals surface area contributed by atoms with Crippen molar-refractivity contribution in [3.05, 3.63) is 59.6 Å². The van der Waals surface area contributed by atoms with Crippen LogP contribution in [0.3, 0.4) is 0 Å². The van der Waals surface area contributed by atoms with Crippen molar-refractivity contribution in [2.24, 2.45) is 0 Å². The van der Waals surface area contributed by atoms with Crippen molar-refractivity contribution in [1.82, 2.24) is 19.5 Å². The molecule has 0 bridgehead atoms. The lowest BCUT2D eigenvalue weighted by atomic mass is 10.1. The molecular weight excluding hydrogens is 388 g/mol. The maximum absolute atomic E-state index is 13.2. The second kappa shape index (κ2) is 7.38. The number of sulfonamides is 1. The third kappa shape index (κ3) is 3.60. The average molecular weight is 405 g/mol. The summed E-state index contributed by atoms with van der Waals surface area (Å²) in [6.45, 7) is 0.390. The predicted octanol–water partition coefficient (Wildman–Crippen LogP) is 3.70. The van der Waals surface area contributed by atoms with Crippen LogP contribution < -0.4 is 0 Å². The van der Waals surface area contributed by atoms with Crippen LogP contribution in [-0.2, 0) is 10.0 Å². The summed E-state index contributed by atoms with van der Waals surface area (Å²) in [5.41, 5.74) is 0.552. The molecule has 9 heteroatoms. The van der Waals surface area contributed by atoms with Gasteiger partial charge in [0.1, 0.15) is 11.7 Å². The number of piperidine rings is 1. The summed E-state index contributed by atoms with van der Waals surface area (Å²) >= 11 is 5.98. The molecule has 1 saturated heterocycles. The highest BCUT2D eigenvalue weighted by Crippen LogP contribution is 2.36. The minimum Gasteiger partial charge on any atom is -0.417 e. The zero-order valence-corrected chi connectivity index (χ0v) is 15.9. The lowest BCUT2D eigenvalue weighted by molar-refractivity contribution is 0.220. The van der Waals surface area contributed by atoms with Gasteiger partial charge in [-0.25, -0.2) is 8.42 Å². The van der Waals surface area contributed by atoms with E-state index in [1.807, 2.05) is 6.07 Å². The summed E-state index contributed by atoms with van der Waals surface area (Å²) in [6.07, 6.45) is 3.91. The fourth-order valence-electron chi connectivity index (χ4n) is 3.16. The standard InChI is InChI=1S/C18H17ClN4O3S/c19-13-6-5-7-14(12-13)27(24,25)23-11-4-2-9-16(23)18-22-21-17(26-18)15-8-1-3-10-20-15/h1,3,5-8,10,12,16H,2,4,9,11H2. The zero-order valence-electron chi connectivity index (χ0n) is 14.3. The number of pyridine rings is 1. The maximum Gasteiger partial charge on any atom is 0.266 e. The lowest BCUT2D eigenvalue weighted by Crippen LogP contribution is -2.38. The molecule has 0 saturated carbocycles. The Hall–Kier alpha value is -2.29. The highest BCUT2D eigenvalue weighted by Gasteiger charge is 2.37. The molecule has 140 valence electrons. The molecule has 7 nitrogen and oxygen atoms in total. The Morgan fingerprint density at radius 2 is 2.00 bits per heavy atom. The molecule has 3 heterocycles. The van der Waals surface area contributed by atoms with Gasteiger partial charge in [-0.15, -0.1) is 10.2 Å². The first-order valence-electron chi connectivity index (χ1n) is 8.58. The van der Waals surface area contributed by atoms with E-state index in [0.29, 0.717) is 23.7 Å². The number of benzene rings is 1. The number of nitrogens with zero attached hydrogens (tertiary/aromatic N) is 4. The van der Waals surface area contributed by atoms with Crippen molar-refractivity contribution >= 4 is 21.6 Å². The molecule has 1 aromatic carbocycles. The molecule has 1 aliphatic heterocycles. The summed E-state index contributed by atoms with van der Waals surface area (Å²) in [7, 11) is -3.73. The molecule has 0 spiro atoms. The van der Waals surface area contributed by atoms with Crippen LogP contribution in [0.1, 0.15) is 31.2 Å². The van der Waals surface area contributed by atoms with E-state index in [0.717, 1.165) is 12.8 Å². The van der Waals surface area contributed by atoms with Gasteiger partial charge in [-0.2, -0.15) is 4.31 Å². The Balaban J connectivity index is 1.68. The van der Waals surface area contributed by atoms with E-state index in [4.69, 9.17) is 16.0 Å². The fraction of sp³-hybridized carbons (Fsp3) is 0.278. The molecule has 1 atom stereocenters. The second-order valence-corrected chi connectivity index (χ2v) is 8.57. The minimum absolute atomic E-state index is 0.159. The molecule has 2 aromatic heterocycles. The van der Waals surface area contributed by atoms with Crippen LogP contribution in [0.4, 0.5) is 0 Å². The molecule has 27 heavy (non-hydrogen) atoms. The van der Waals surface area contributed by atoms with Crippen molar-refractivity contribution in [2.45, 2.75) is 30.2 Å². The lowest BCUT2D eigenvalue weighted by Gasteiger charge is -2.32. The van der Waals surface area contributed by atoms with Gasteiger partial charge >= 0.3 is 0 Å². The van der Waals surface area contributed by atoms with Crippen LogP contribution in [-0.4, -0.2) is 34.4 Å². The SMILES string of the molecule is O=S(=O)(c1cccc(Cl)c1)N1CCCCC1c1nnc(-c2ccccn2)o1. The van der Waals surface area contributed by atoms with Crippen molar-refractivity contribution in [3.63, 3.8) is 0 Å². The molecule has 1 unspecified atom stereocenters. The van der Waals surface area contributed by atoms with Gasteiger partial charge in [0, 0.05) is 17.8 Å². The Bertz CT molecular complexity index is 1040. The Kier molecular flexibility index (Phi) is 4.94. The topological polar surface area (TPSA) is 89.2 Å². The zero-order chi connectivity index (χ0) is 18.9. The highest BCUT2D eigenvalue weighted by atomic mass is 35.5. The molecule has 0 aliphatic carbocycles. The maximum atomic E-state index is 13.2. The quantitative estimate of drug-likeness (QED) is 0.658. The number of hydrogen-bond acceptors (Lipinski definition) is 6. The van der Waals surface area contributed by atoms with E-state index in [1.165, 1.54) is 10.4 Å². The first-order chi connectivity index (χ1) is 13.1. The van der Waals surface area contributed by atoms with Crippen LogP contribution in [0, 0.1) is 0 Å². The van der Waals surface area contributed by atoms with Gasteiger partial charge < -0.3 is 4.42 Å². The monoisotopic (exact) mass is 404 g/mol. The van der Waals surface area contributed by atoms with Gasteiger partial charge in [0.15, 0.2) is 0 Å². The third-order valence-electron chi connectivity index (χ3n) is 4.47. The Labute approximate surface area is 162 Å². The molecule has 1 aliphatic rings. The van der Waals surface area contributed by atoms with Crippen molar-refractivity contribution in [1.29, 1.82) is 0 Å². The number of aromatic nitrogens is 3. The van der Waals surface area contributed by atoms with Gasteiger partial charge in [-0.05, 0) is 43.2 Å². The van der Waals surface area contributed by atoms with Crippen LogP contribution in [0.25, 0.3) is 11.6 Å². The predicted molar refractivity (Wildman–Crippen MR) is 99.5 cm³/mol. The van der Waals surface area contributed by atoms with Gasteiger partial charge in [0.25, 0.3) is 5.89 Å². The van der Waals surface area contributed by atoms with Gasteiger partial charge in [0.05, 0.1) is 4.90 Å². The van der Waals surface area contributed by atoms with Gasteiger partial charge in [0.2, 0.25) is 15.9 Å². The number of halogens is 1. The fourth-order valence-corrected chi connectivity index (χ4v) is 5.12. The molecule has 0 amide bonds. The van der Waals surface area contributed by atoms with Crippen LogP contribution in [0.5, 0.6) is 0 Å². The van der Waals surface area contributed by atoms with Crippen LogP contribution in [0.15, 0.2) is 58.0 Å². The third-order valence-corrected chi connectivity index (χ3v) is 6.61. The van der Waals surface area contributed by atoms with E-state index in [9.17, 15) is 8.42 Å². The summed E-state index contributed by atoms with van der Waals surface area (Å²) < 4.78 is 33.5. The molecule has 4 rings (SSSR count). The van der Waals surface area contributed by atoms with E-state index >= 15 is 0 Å². The number of rotatable bonds is 4. The van der Waals surface area contributed by atoms with Crippen molar-refractivity contribution in [2.75, 3.05) is 6.54 Å². The first-order valence-corrected chi connectivity index (χ1v) is 10.4. The van der Waals surface area contributed by atoms with E-state index in [-0.39, 0.29) is 16.7 Å². The van der Waals surface area contributed by atoms with E-state index < -0.39 is 16.1 Å². The summed E-state index contributed by atoms with van der Waals surface area (Å²) in [5.74, 6) is 0.553. The summed E-state index contributed by atoms with van der Waals surface area (Å²) in [6, 6.07) is 11.1. The molecule has 0 radical (unpaired) electrons. The Morgan fingerprint density at radius 3 is 2.78 bits per heavy atom. The highest BCUT2D eigenvalue weighted by molar-refractivity contribution is 7.89. The average Bonchev–Trinajstić information content (AvgIpc) is 3.19. The minimum atomic E-state index is -3.73. The smallest absolute Gasteiger partial charge is 0.266 e. The molecule has 0 N–H and O–H groups in total. The van der Waals surface area contributed by atoms with E-state index in [2.05, 4.69) is 15.2 Å². The number of hydrogen-bond donors (Lipinski definition) is 0. The largest absolute Gasteiger partial charge is 0.417 e. The van der Waals surface area contributed by atoms with Crippen molar-refractivity contribution in [3.8, 4) is 11.6 Å². The molecule has 1 fully saturated rings. The van der Waals surface area contributed by atoms with Crippen molar-refractivity contribution < 1.29 is 12.8 Å². The van der Waals surface area contributed by atoms with E-state index in [1.54, 1.807) is 36.5 Å². The second-order valence-electron chi connectivity index (χ2n) is 6.25. The first kappa shape index (κ1) is 18.1. The van der Waals surface area contributed by atoms with Crippen LogP contribution in [0.2, 0.25) is 5.02 Å². The Morgan fingerprint density at radius 1 is 1.11 bits per heavy atom. The summed E-state index contributed by atoms with van der Waals surface area (Å²) in [4.78, 5) is 4.35. The normalized spacial score (nSPS) is 18.5. The van der Waals surface area contributed by atoms with Gasteiger partial charge in [-0.3, -0.25) is 4.98 Å². The van der Waals surface area contributed by atoms with Gasteiger partial charge in [-0.1, -0.05) is 30.2 Å². The van der Waals surface area contributed by atoms with Crippen LogP contribution >= 0.6 is 11.6 Å². The summed E-state index contributed by atoms with van der Waals surface area (Å²) in [5, 5.41) is 8.52. The molecule has 3 aromatic rings. The molecular formula is C18H17ClN4O3S.